The first-order valence-electron chi connectivity index (χ1n) is 5.92. The molecule has 1 aromatic carbocycles. The Labute approximate surface area is 123 Å². The number of nitrogens with zero attached hydrogens (tertiary/aromatic N) is 2. The zero-order valence-corrected chi connectivity index (χ0v) is 12.6. The molecule has 2 rings (SSSR count). The fourth-order valence-corrected chi connectivity index (χ4v) is 2.45. The van der Waals surface area contributed by atoms with Crippen LogP contribution in [-0.4, -0.2) is 24.6 Å². The molecule has 5 nitrogen and oxygen atoms in total. The molecule has 0 bridgehead atoms. The van der Waals surface area contributed by atoms with E-state index in [1.54, 1.807) is 0 Å². The van der Waals surface area contributed by atoms with Crippen molar-refractivity contribution in [2.75, 3.05) is 11.6 Å². The maximum atomic E-state index is 11.5. The van der Waals surface area contributed by atoms with E-state index in [2.05, 4.69) is 15.3 Å². The molecule has 0 spiro atoms. The molecular weight excluding hydrogens is 298 g/mol. The van der Waals surface area contributed by atoms with Gasteiger partial charge in [-0.1, -0.05) is 41.9 Å². The Balaban J connectivity index is 2.28. The molecule has 1 N–H and O–H groups in total. The molecule has 106 valence electrons. The van der Waals surface area contributed by atoms with Crippen molar-refractivity contribution in [2.24, 2.45) is 0 Å². The maximum Gasteiger partial charge on any atom is 0.250 e. The Morgan fingerprint density at radius 1 is 1.20 bits per heavy atom. The third-order valence-electron chi connectivity index (χ3n) is 2.67. The van der Waals surface area contributed by atoms with Crippen LogP contribution in [0, 0.1) is 0 Å². The number of benzene rings is 1. The van der Waals surface area contributed by atoms with Crippen LogP contribution in [0.2, 0.25) is 5.15 Å². The van der Waals surface area contributed by atoms with Gasteiger partial charge in [0.2, 0.25) is 15.0 Å². The Bertz CT molecular complexity index is 705. The van der Waals surface area contributed by atoms with Crippen LogP contribution >= 0.6 is 11.6 Å². The molecule has 2 aromatic rings. The molecule has 20 heavy (non-hydrogen) atoms. The van der Waals surface area contributed by atoms with Crippen molar-refractivity contribution in [3.8, 4) is 0 Å². The van der Waals surface area contributed by atoms with Crippen molar-refractivity contribution in [3.05, 3.63) is 47.1 Å². The van der Waals surface area contributed by atoms with Crippen LogP contribution < -0.4 is 5.32 Å². The summed E-state index contributed by atoms with van der Waals surface area (Å²) in [7, 11) is -3.49. The summed E-state index contributed by atoms with van der Waals surface area (Å²) in [5, 5.41) is 2.91. The summed E-state index contributed by atoms with van der Waals surface area (Å²) in [6, 6.07) is 11.2. The summed E-state index contributed by atoms with van der Waals surface area (Å²) in [5.74, 6) is 0.377. The lowest BCUT2D eigenvalue weighted by Gasteiger charge is -2.15. The zero-order valence-electron chi connectivity index (χ0n) is 11.0. The fourth-order valence-electron chi connectivity index (χ4n) is 1.68. The number of hydrogen-bond acceptors (Lipinski definition) is 5. The fraction of sp³-hybridized carbons (Fsp3) is 0.231. The molecular formula is C13H14ClN3O2S. The predicted molar refractivity (Wildman–Crippen MR) is 78.6 cm³/mol. The third-order valence-corrected chi connectivity index (χ3v) is 3.71. The predicted octanol–water partition coefficient (Wildman–Crippen LogP) is 2.71. The molecule has 0 aliphatic carbocycles. The van der Waals surface area contributed by atoms with Crippen molar-refractivity contribution < 1.29 is 8.42 Å². The van der Waals surface area contributed by atoms with Crippen LogP contribution in [0.4, 0.5) is 5.82 Å². The van der Waals surface area contributed by atoms with E-state index in [4.69, 9.17) is 11.6 Å². The molecule has 1 atom stereocenters. The zero-order chi connectivity index (χ0) is 14.8. The summed E-state index contributed by atoms with van der Waals surface area (Å²) in [6.45, 7) is 1.95. The van der Waals surface area contributed by atoms with E-state index >= 15 is 0 Å². The van der Waals surface area contributed by atoms with Crippen LogP contribution in [0.15, 0.2) is 41.6 Å². The average molecular weight is 312 g/mol. The normalized spacial score (nSPS) is 12.9. The van der Waals surface area contributed by atoms with Crippen molar-refractivity contribution >= 4 is 27.3 Å². The van der Waals surface area contributed by atoms with Gasteiger partial charge in [0, 0.05) is 18.4 Å². The minimum atomic E-state index is -3.49. The van der Waals surface area contributed by atoms with Crippen molar-refractivity contribution in [3.63, 3.8) is 0 Å². The minimum Gasteiger partial charge on any atom is -0.363 e. The number of sulfone groups is 1. The highest BCUT2D eigenvalue weighted by atomic mass is 35.5. The lowest BCUT2D eigenvalue weighted by atomic mass is 10.1. The molecule has 1 heterocycles. The molecule has 0 saturated heterocycles. The quantitative estimate of drug-likeness (QED) is 0.694. The lowest BCUT2D eigenvalue weighted by molar-refractivity contribution is 0.593. The second-order valence-corrected chi connectivity index (χ2v) is 6.70. The summed E-state index contributed by atoms with van der Waals surface area (Å²) in [5.41, 5.74) is 1.06. The van der Waals surface area contributed by atoms with Crippen LogP contribution in [0.25, 0.3) is 0 Å². The monoisotopic (exact) mass is 311 g/mol. The average Bonchev–Trinajstić information content (AvgIpc) is 2.38. The SMILES string of the molecule is C[C@H](Nc1cc(Cl)nc(S(C)(=O)=O)n1)c1ccccc1. The van der Waals surface area contributed by atoms with Gasteiger partial charge in [-0.2, -0.15) is 0 Å². The lowest BCUT2D eigenvalue weighted by Crippen LogP contribution is -2.11. The van der Waals surface area contributed by atoms with Crippen LogP contribution in [0.1, 0.15) is 18.5 Å². The third kappa shape index (κ3) is 3.68. The van der Waals surface area contributed by atoms with Crippen LogP contribution in [0.5, 0.6) is 0 Å². The van der Waals surface area contributed by atoms with E-state index in [1.165, 1.54) is 6.07 Å². The van der Waals surface area contributed by atoms with E-state index in [9.17, 15) is 8.42 Å². The van der Waals surface area contributed by atoms with Gasteiger partial charge in [-0.25, -0.2) is 18.4 Å². The first-order valence-corrected chi connectivity index (χ1v) is 8.19. The van der Waals surface area contributed by atoms with Gasteiger partial charge in [-0.3, -0.25) is 0 Å². The second kappa shape index (κ2) is 5.76. The van der Waals surface area contributed by atoms with Crippen LogP contribution in [0.3, 0.4) is 0 Å². The highest BCUT2D eigenvalue weighted by molar-refractivity contribution is 7.90. The number of hydrogen-bond donors (Lipinski definition) is 1. The summed E-state index contributed by atoms with van der Waals surface area (Å²) in [6.07, 6.45) is 1.04. The Hall–Kier alpha value is -1.66. The molecule has 0 radical (unpaired) electrons. The highest BCUT2D eigenvalue weighted by Gasteiger charge is 2.15. The first kappa shape index (κ1) is 14.7. The Morgan fingerprint density at radius 3 is 2.45 bits per heavy atom. The van der Waals surface area contributed by atoms with Crippen molar-refractivity contribution in [2.45, 2.75) is 18.1 Å². The minimum absolute atomic E-state index is 0.0328. The number of aromatic nitrogens is 2. The van der Waals surface area contributed by atoms with E-state index in [0.717, 1.165) is 11.8 Å². The van der Waals surface area contributed by atoms with E-state index < -0.39 is 9.84 Å². The van der Waals surface area contributed by atoms with Gasteiger partial charge in [0.15, 0.2) is 0 Å². The molecule has 0 amide bonds. The summed E-state index contributed by atoms with van der Waals surface area (Å²) < 4.78 is 23.0. The Morgan fingerprint density at radius 2 is 1.85 bits per heavy atom. The molecule has 0 saturated carbocycles. The molecule has 1 aromatic heterocycles. The molecule has 7 heteroatoms. The van der Waals surface area contributed by atoms with Crippen molar-refractivity contribution in [1.29, 1.82) is 0 Å². The van der Waals surface area contributed by atoms with E-state index in [1.807, 2.05) is 37.3 Å². The second-order valence-electron chi connectivity index (χ2n) is 4.41. The Kier molecular flexibility index (Phi) is 4.25. The molecule has 0 aliphatic rings. The number of rotatable bonds is 4. The summed E-state index contributed by atoms with van der Waals surface area (Å²) in [4.78, 5) is 7.69. The molecule has 0 unspecified atom stereocenters. The van der Waals surface area contributed by atoms with E-state index in [-0.39, 0.29) is 16.4 Å². The van der Waals surface area contributed by atoms with Gasteiger partial charge in [-0.05, 0) is 12.5 Å². The standard InChI is InChI=1S/C13H14ClN3O2S/c1-9(10-6-4-3-5-7-10)15-12-8-11(14)16-13(17-12)20(2,18)19/h3-9H,1-2H3,(H,15,16,17)/t9-/m0/s1. The maximum absolute atomic E-state index is 11.5. The first-order chi connectivity index (χ1) is 9.36. The number of nitrogens with one attached hydrogen (secondary N) is 1. The van der Waals surface area contributed by atoms with Gasteiger partial charge in [-0.15, -0.1) is 0 Å². The van der Waals surface area contributed by atoms with Crippen molar-refractivity contribution in [1.82, 2.24) is 9.97 Å². The van der Waals surface area contributed by atoms with Gasteiger partial charge >= 0.3 is 0 Å². The number of halogens is 1. The van der Waals surface area contributed by atoms with Gasteiger partial charge < -0.3 is 5.32 Å². The largest absolute Gasteiger partial charge is 0.363 e. The van der Waals surface area contributed by atoms with Gasteiger partial charge in [0.1, 0.15) is 11.0 Å². The molecule has 0 fully saturated rings. The smallest absolute Gasteiger partial charge is 0.250 e. The van der Waals surface area contributed by atoms with Crippen LogP contribution in [-0.2, 0) is 9.84 Å². The van der Waals surface area contributed by atoms with Gasteiger partial charge in [0.25, 0.3) is 0 Å². The topological polar surface area (TPSA) is 72.0 Å². The van der Waals surface area contributed by atoms with Gasteiger partial charge in [0.05, 0.1) is 0 Å². The highest BCUT2D eigenvalue weighted by Crippen LogP contribution is 2.20. The molecule has 0 aliphatic heterocycles. The summed E-state index contributed by atoms with van der Waals surface area (Å²) >= 11 is 5.83. The number of anilines is 1. The van der Waals surface area contributed by atoms with E-state index in [0.29, 0.717) is 5.82 Å².